The maximum absolute atomic E-state index is 13.1. The molecular weight excluding hydrogens is 251 g/mol. The molecule has 2 nitrogen and oxygen atoms in total. The molecule has 4 heteroatoms. The predicted octanol–water partition coefficient (Wildman–Crippen LogP) is 3.19. The van der Waals surface area contributed by atoms with Crippen molar-refractivity contribution in [2.75, 3.05) is 7.11 Å². The lowest BCUT2D eigenvalue weighted by atomic mass is 10.1. The van der Waals surface area contributed by atoms with Gasteiger partial charge in [-0.05, 0) is 28.1 Å². The number of rotatable bonds is 3. The molecule has 0 saturated carbocycles. The minimum atomic E-state index is -0.456. The Morgan fingerprint density at radius 3 is 2.71 bits per heavy atom. The predicted molar refractivity (Wildman–Crippen MR) is 55.3 cm³/mol. The van der Waals surface area contributed by atoms with Gasteiger partial charge in [0.05, 0.1) is 17.1 Å². The summed E-state index contributed by atoms with van der Waals surface area (Å²) in [6.07, 6.45) is 0.331. The van der Waals surface area contributed by atoms with E-state index in [1.54, 1.807) is 6.92 Å². The van der Waals surface area contributed by atoms with E-state index in [4.69, 9.17) is 4.74 Å². The quantitative estimate of drug-likeness (QED) is 0.781. The van der Waals surface area contributed by atoms with Gasteiger partial charge in [-0.15, -0.1) is 0 Å². The van der Waals surface area contributed by atoms with Crippen LogP contribution in [0, 0.1) is 5.82 Å². The number of carbonyl (C=O) groups excluding carboxylic acids is 1. The van der Waals surface area contributed by atoms with Crippen LogP contribution >= 0.6 is 15.9 Å². The monoisotopic (exact) mass is 260 g/mol. The van der Waals surface area contributed by atoms with E-state index in [1.807, 2.05) is 0 Å². The van der Waals surface area contributed by atoms with Crippen LogP contribution in [-0.4, -0.2) is 12.9 Å². The Kier molecular flexibility index (Phi) is 3.63. The van der Waals surface area contributed by atoms with Crippen molar-refractivity contribution in [1.82, 2.24) is 0 Å². The molecule has 14 heavy (non-hydrogen) atoms. The number of ether oxygens (including phenoxy) is 1. The fourth-order valence-electron chi connectivity index (χ4n) is 1.11. The topological polar surface area (TPSA) is 26.3 Å². The summed E-state index contributed by atoms with van der Waals surface area (Å²) in [6, 6.07) is 2.65. The number of Topliss-reactive ketones (excluding diaryl/α,β-unsaturated/α-hetero) is 1. The molecule has 1 rings (SSSR count). The second kappa shape index (κ2) is 4.55. The summed E-state index contributed by atoms with van der Waals surface area (Å²) in [5.74, 6) is -0.194. The minimum Gasteiger partial charge on any atom is -0.496 e. The highest BCUT2D eigenvalue weighted by Crippen LogP contribution is 2.27. The molecule has 0 amide bonds. The summed E-state index contributed by atoms with van der Waals surface area (Å²) in [6.45, 7) is 1.72. The van der Waals surface area contributed by atoms with Gasteiger partial charge in [0.25, 0.3) is 0 Å². The highest BCUT2D eigenvalue weighted by Gasteiger charge is 2.13. The van der Waals surface area contributed by atoms with Gasteiger partial charge in [0.15, 0.2) is 5.78 Å². The molecule has 0 aliphatic carbocycles. The Bertz CT molecular complexity index is 363. The van der Waals surface area contributed by atoms with Crippen LogP contribution in [0.5, 0.6) is 5.75 Å². The molecule has 0 heterocycles. The molecule has 0 spiro atoms. The van der Waals surface area contributed by atoms with E-state index >= 15 is 0 Å². The third kappa shape index (κ3) is 2.12. The molecule has 0 fully saturated rings. The van der Waals surface area contributed by atoms with E-state index < -0.39 is 5.82 Å². The lowest BCUT2D eigenvalue weighted by Gasteiger charge is -2.07. The van der Waals surface area contributed by atoms with E-state index in [0.717, 1.165) is 0 Å². The van der Waals surface area contributed by atoms with E-state index in [1.165, 1.54) is 19.2 Å². The molecule has 0 saturated heterocycles. The first-order valence-electron chi connectivity index (χ1n) is 4.16. The van der Waals surface area contributed by atoms with Crippen LogP contribution in [0.25, 0.3) is 0 Å². The van der Waals surface area contributed by atoms with Gasteiger partial charge in [0, 0.05) is 6.42 Å². The van der Waals surface area contributed by atoms with Crippen molar-refractivity contribution >= 4 is 21.7 Å². The number of hydrogen-bond acceptors (Lipinski definition) is 2. The summed E-state index contributed by atoms with van der Waals surface area (Å²) in [5, 5.41) is 0. The Morgan fingerprint density at radius 1 is 1.57 bits per heavy atom. The molecule has 1 aromatic rings. The highest BCUT2D eigenvalue weighted by atomic mass is 79.9. The molecular formula is C10H10BrFO2. The summed E-state index contributed by atoms with van der Waals surface area (Å²) in [7, 11) is 1.45. The van der Waals surface area contributed by atoms with Crippen molar-refractivity contribution in [1.29, 1.82) is 0 Å². The molecule has 0 unspecified atom stereocenters. The van der Waals surface area contributed by atoms with E-state index in [0.29, 0.717) is 16.6 Å². The van der Waals surface area contributed by atoms with Crippen LogP contribution in [-0.2, 0) is 0 Å². The van der Waals surface area contributed by atoms with Crippen LogP contribution < -0.4 is 4.74 Å². The first-order chi connectivity index (χ1) is 6.60. The van der Waals surface area contributed by atoms with Crippen molar-refractivity contribution in [3.8, 4) is 5.75 Å². The van der Waals surface area contributed by atoms with E-state index in [2.05, 4.69) is 15.9 Å². The molecule has 0 radical (unpaired) electrons. The fraction of sp³-hybridized carbons (Fsp3) is 0.300. The average Bonchev–Trinajstić information content (AvgIpc) is 2.20. The second-order valence-corrected chi connectivity index (χ2v) is 3.60. The Labute approximate surface area is 90.2 Å². The number of hydrogen-bond donors (Lipinski definition) is 0. The van der Waals surface area contributed by atoms with Gasteiger partial charge in [0.2, 0.25) is 0 Å². The van der Waals surface area contributed by atoms with E-state index in [9.17, 15) is 9.18 Å². The van der Waals surface area contributed by atoms with Crippen molar-refractivity contribution in [3.05, 3.63) is 28.0 Å². The summed E-state index contributed by atoms with van der Waals surface area (Å²) < 4.78 is 18.4. The molecule has 1 aromatic carbocycles. The standard InChI is InChI=1S/C10H10BrFO2/c1-3-9(13)6-4-8(12)7(11)5-10(6)14-2/h4-5H,3H2,1-2H3. The largest absolute Gasteiger partial charge is 0.496 e. The molecule has 0 aliphatic rings. The number of benzene rings is 1. The zero-order chi connectivity index (χ0) is 10.7. The van der Waals surface area contributed by atoms with Gasteiger partial charge in [-0.2, -0.15) is 0 Å². The first kappa shape index (κ1) is 11.2. The van der Waals surface area contributed by atoms with Crippen LogP contribution in [0.1, 0.15) is 23.7 Å². The zero-order valence-corrected chi connectivity index (χ0v) is 9.52. The first-order valence-corrected chi connectivity index (χ1v) is 4.95. The Balaban J connectivity index is 3.27. The maximum Gasteiger partial charge on any atom is 0.166 e. The van der Waals surface area contributed by atoms with Crippen molar-refractivity contribution in [3.63, 3.8) is 0 Å². The molecule has 0 atom stereocenters. The van der Waals surface area contributed by atoms with Gasteiger partial charge in [0.1, 0.15) is 11.6 Å². The number of ketones is 1. The Morgan fingerprint density at radius 2 is 2.21 bits per heavy atom. The summed E-state index contributed by atoms with van der Waals surface area (Å²) in [5.41, 5.74) is 0.288. The summed E-state index contributed by atoms with van der Waals surface area (Å²) in [4.78, 5) is 11.4. The molecule has 0 N–H and O–H groups in total. The lowest BCUT2D eigenvalue weighted by molar-refractivity contribution is 0.0984. The third-order valence-corrected chi connectivity index (χ3v) is 2.47. The molecule has 0 aromatic heterocycles. The fourth-order valence-corrected chi connectivity index (χ4v) is 1.43. The van der Waals surface area contributed by atoms with Gasteiger partial charge < -0.3 is 4.74 Å². The van der Waals surface area contributed by atoms with Crippen LogP contribution in [0.4, 0.5) is 4.39 Å². The second-order valence-electron chi connectivity index (χ2n) is 2.74. The molecule has 0 bridgehead atoms. The molecule has 76 valence electrons. The number of carbonyl (C=O) groups is 1. The average molecular weight is 261 g/mol. The third-order valence-electron chi connectivity index (χ3n) is 1.86. The lowest BCUT2D eigenvalue weighted by Crippen LogP contribution is -2.01. The highest BCUT2D eigenvalue weighted by molar-refractivity contribution is 9.10. The van der Waals surface area contributed by atoms with Gasteiger partial charge in [-0.3, -0.25) is 4.79 Å². The van der Waals surface area contributed by atoms with Crippen LogP contribution in [0.3, 0.4) is 0 Å². The number of methoxy groups -OCH3 is 1. The Hall–Kier alpha value is -0.900. The normalized spacial score (nSPS) is 10.0. The smallest absolute Gasteiger partial charge is 0.166 e. The van der Waals surface area contributed by atoms with Crippen LogP contribution in [0.15, 0.2) is 16.6 Å². The van der Waals surface area contributed by atoms with Gasteiger partial charge in [-0.25, -0.2) is 4.39 Å². The van der Waals surface area contributed by atoms with E-state index in [-0.39, 0.29) is 11.3 Å². The van der Waals surface area contributed by atoms with Gasteiger partial charge in [-0.1, -0.05) is 6.92 Å². The van der Waals surface area contributed by atoms with Crippen molar-refractivity contribution in [2.45, 2.75) is 13.3 Å². The number of halogens is 2. The van der Waals surface area contributed by atoms with Crippen LogP contribution in [0.2, 0.25) is 0 Å². The molecule has 0 aliphatic heterocycles. The van der Waals surface area contributed by atoms with Gasteiger partial charge >= 0.3 is 0 Å². The minimum absolute atomic E-state index is 0.131. The van der Waals surface area contributed by atoms with Crippen molar-refractivity contribution < 1.29 is 13.9 Å². The SMILES string of the molecule is CCC(=O)c1cc(F)c(Br)cc1OC. The van der Waals surface area contributed by atoms with Crippen molar-refractivity contribution in [2.24, 2.45) is 0 Å². The zero-order valence-electron chi connectivity index (χ0n) is 7.93. The summed E-state index contributed by atoms with van der Waals surface area (Å²) >= 11 is 3.03. The maximum atomic E-state index is 13.1.